The normalized spacial score (nSPS) is 18.2. The third-order valence-corrected chi connectivity index (χ3v) is 4.09. The second kappa shape index (κ2) is 7.21. The van der Waals surface area contributed by atoms with Gasteiger partial charge in [0.2, 0.25) is 0 Å². The van der Waals surface area contributed by atoms with Crippen LogP contribution in [-0.2, 0) is 4.74 Å². The molecule has 1 amide bonds. The highest BCUT2D eigenvalue weighted by Gasteiger charge is 2.30. The molecule has 1 N–H and O–H groups in total. The van der Waals surface area contributed by atoms with Gasteiger partial charge in [0, 0.05) is 19.3 Å². The molecule has 0 radical (unpaired) electrons. The predicted molar refractivity (Wildman–Crippen MR) is 96.4 cm³/mol. The molecule has 1 unspecified atom stereocenters. The summed E-state index contributed by atoms with van der Waals surface area (Å²) in [6.07, 6.45) is 6.21. The molecule has 2 aromatic heterocycles. The lowest BCUT2D eigenvalue weighted by molar-refractivity contribution is 0.0114. The first-order chi connectivity index (χ1) is 11.9. The second-order valence-electron chi connectivity index (χ2n) is 7.31. The van der Waals surface area contributed by atoms with Crippen LogP contribution in [-0.4, -0.2) is 50.7 Å². The molecule has 1 aliphatic heterocycles. The summed E-state index contributed by atoms with van der Waals surface area (Å²) in [6, 6.07) is 3.82. The lowest BCUT2D eigenvalue weighted by Gasteiger charge is -2.36. The Morgan fingerprint density at radius 1 is 1.36 bits per heavy atom. The van der Waals surface area contributed by atoms with Crippen molar-refractivity contribution in [2.75, 3.05) is 18.4 Å². The number of nitrogens with one attached hydrogen (secondary N) is 1. The molecular weight excluding hydrogens is 318 g/mol. The number of amides is 1. The first-order valence-corrected chi connectivity index (χ1v) is 8.74. The van der Waals surface area contributed by atoms with E-state index in [-0.39, 0.29) is 12.1 Å². The molecule has 3 rings (SSSR count). The number of ether oxygens (including phenoxy) is 1. The van der Waals surface area contributed by atoms with Gasteiger partial charge in [-0.3, -0.25) is 0 Å². The van der Waals surface area contributed by atoms with Crippen molar-refractivity contribution in [3.63, 3.8) is 0 Å². The van der Waals surface area contributed by atoms with Crippen molar-refractivity contribution in [1.29, 1.82) is 0 Å². The van der Waals surface area contributed by atoms with Crippen LogP contribution in [0.2, 0.25) is 0 Å². The Hall–Kier alpha value is -2.44. The molecule has 0 saturated carbocycles. The Bertz CT molecular complexity index is 744. The highest BCUT2D eigenvalue weighted by Crippen LogP contribution is 2.21. The Kier molecular flexibility index (Phi) is 5.01. The van der Waals surface area contributed by atoms with Crippen LogP contribution in [0.5, 0.6) is 0 Å². The number of fused-ring (bicyclic) bond motifs is 1. The maximum Gasteiger partial charge on any atom is 0.410 e. The van der Waals surface area contributed by atoms with Crippen molar-refractivity contribution in [3.05, 3.63) is 24.5 Å². The molecule has 0 aliphatic carbocycles. The van der Waals surface area contributed by atoms with Gasteiger partial charge in [-0.25, -0.2) is 19.7 Å². The average Bonchev–Trinajstić information content (AvgIpc) is 2.58. The molecule has 7 nitrogen and oxygen atoms in total. The molecule has 2 aromatic rings. The summed E-state index contributed by atoms with van der Waals surface area (Å²) in [5, 5.41) is 3.30. The molecule has 1 atom stereocenters. The fourth-order valence-corrected chi connectivity index (χ4v) is 2.94. The summed E-state index contributed by atoms with van der Waals surface area (Å²) in [5.74, 6) is 0.690. The number of likely N-dealkylation sites (tertiary alicyclic amines) is 1. The van der Waals surface area contributed by atoms with Gasteiger partial charge in [0.25, 0.3) is 0 Å². The van der Waals surface area contributed by atoms with E-state index in [1.165, 1.54) is 0 Å². The topological polar surface area (TPSA) is 80.2 Å². The summed E-state index contributed by atoms with van der Waals surface area (Å²) in [4.78, 5) is 27.3. The Balaban J connectivity index is 1.65. The molecule has 0 spiro atoms. The second-order valence-corrected chi connectivity index (χ2v) is 7.31. The number of carbonyl (C=O) groups excluding carboxylic acids is 1. The number of aromatic nitrogens is 3. The average molecular weight is 343 g/mol. The van der Waals surface area contributed by atoms with Crippen LogP contribution in [0.25, 0.3) is 11.2 Å². The van der Waals surface area contributed by atoms with Gasteiger partial charge < -0.3 is 15.0 Å². The van der Waals surface area contributed by atoms with Gasteiger partial charge in [0.05, 0.1) is 12.2 Å². The number of pyridine rings is 1. The van der Waals surface area contributed by atoms with E-state index in [4.69, 9.17) is 4.74 Å². The summed E-state index contributed by atoms with van der Waals surface area (Å²) in [5.41, 5.74) is 0.893. The fraction of sp³-hybridized carbons (Fsp3) is 0.556. The summed E-state index contributed by atoms with van der Waals surface area (Å²) in [7, 11) is 0. The van der Waals surface area contributed by atoms with E-state index in [1.807, 2.05) is 37.8 Å². The summed E-state index contributed by atoms with van der Waals surface area (Å²) >= 11 is 0. The van der Waals surface area contributed by atoms with Gasteiger partial charge >= 0.3 is 6.09 Å². The molecule has 134 valence electrons. The highest BCUT2D eigenvalue weighted by molar-refractivity contribution is 5.71. The first kappa shape index (κ1) is 17.4. The maximum atomic E-state index is 12.4. The zero-order valence-corrected chi connectivity index (χ0v) is 15.0. The largest absolute Gasteiger partial charge is 0.444 e. The Labute approximate surface area is 147 Å². The Morgan fingerprint density at radius 2 is 2.20 bits per heavy atom. The van der Waals surface area contributed by atoms with Gasteiger partial charge in [-0.15, -0.1) is 0 Å². The number of nitrogens with zero attached hydrogens (tertiary/aromatic N) is 4. The highest BCUT2D eigenvalue weighted by atomic mass is 16.6. The zero-order chi connectivity index (χ0) is 17.9. The fourth-order valence-electron chi connectivity index (χ4n) is 2.94. The predicted octanol–water partition coefficient (Wildman–Crippen LogP) is 3.23. The number of carbonyl (C=O) groups is 1. The van der Waals surface area contributed by atoms with Gasteiger partial charge in [-0.1, -0.05) is 0 Å². The molecule has 0 aromatic carbocycles. The molecule has 1 fully saturated rings. The van der Waals surface area contributed by atoms with Crippen molar-refractivity contribution >= 4 is 23.1 Å². The molecule has 3 heterocycles. The van der Waals surface area contributed by atoms with Crippen LogP contribution >= 0.6 is 0 Å². The maximum absolute atomic E-state index is 12.4. The minimum atomic E-state index is -0.483. The van der Waals surface area contributed by atoms with Gasteiger partial charge in [0.15, 0.2) is 5.65 Å². The van der Waals surface area contributed by atoms with Crippen molar-refractivity contribution in [3.8, 4) is 0 Å². The first-order valence-electron chi connectivity index (χ1n) is 8.74. The molecule has 7 heteroatoms. The van der Waals surface area contributed by atoms with Crippen LogP contribution in [0.1, 0.15) is 40.0 Å². The lowest BCUT2D eigenvalue weighted by atomic mass is 10.0. The summed E-state index contributed by atoms with van der Waals surface area (Å²) < 4.78 is 5.54. The molecule has 25 heavy (non-hydrogen) atoms. The third-order valence-electron chi connectivity index (χ3n) is 4.09. The van der Waals surface area contributed by atoms with Gasteiger partial charge in [-0.05, 0) is 52.2 Å². The molecule has 0 bridgehead atoms. The lowest BCUT2D eigenvalue weighted by Crippen LogP contribution is -2.48. The summed E-state index contributed by atoms with van der Waals surface area (Å²) in [6.45, 7) is 7.02. The minimum Gasteiger partial charge on any atom is -0.444 e. The van der Waals surface area contributed by atoms with Crippen molar-refractivity contribution in [2.45, 2.75) is 51.7 Å². The number of piperidine rings is 1. The van der Waals surface area contributed by atoms with Crippen LogP contribution < -0.4 is 5.32 Å². The van der Waals surface area contributed by atoms with E-state index in [1.54, 1.807) is 12.4 Å². The number of hydrogen-bond acceptors (Lipinski definition) is 6. The van der Waals surface area contributed by atoms with Crippen molar-refractivity contribution in [1.82, 2.24) is 19.9 Å². The number of hydrogen-bond donors (Lipinski definition) is 1. The van der Waals surface area contributed by atoms with E-state index in [0.717, 1.165) is 31.3 Å². The van der Waals surface area contributed by atoms with Gasteiger partial charge in [0.1, 0.15) is 16.9 Å². The minimum absolute atomic E-state index is 0.0926. The van der Waals surface area contributed by atoms with Crippen LogP contribution in [0.4, 0.5) is 10.6 Å². The van der Waals surface area contributed by atoms with Gasteiger partial charge in [-0.2, -0.15) is 0 Å². The molecule has 1 saturated heterocycles. The van der Waals surface area contributed by atoms with E-state index in [9.17, 15) is 4.79 Å². The number of rotatable bonds is 3. The molecule has 1 aliphatic rings. The van der Waals surface area contributed by atoms with Crippen LogP contribution in [0, 0.1) is 0 Å². The van der Waals surface area contributed by atoms with Crippen molar-refractivity contribution < 1.29 is 9.53 Å². The number of anilines is 1. The van der Waals surface area contributed by atoms with Crippen LogP contribution in [0.3, 0.4) is 0 Å². The SMILES string of the molecule is CC(C)(C)OC(=O)N1CCCCC1CNc1cnc2ncccc2n1. The zero-order valence-electron chi connectivity index (χ0n) is 15.0. The standard InChI is InChI=1S/C18H25N5O2/c1-18(2,3)25-17(24)23-10-5-4-7-13(23)11-20-15-12-21-16-14(22-15)8-6-9-19-16/h6,8-9,12-13H,4-5,7,10-11H2,1-3H3,(H,20,22). The van der Waals surface area contributed by atoms with E-state index in [0.29, 0.717) is 18.0 Å². The van der Waals surface area contributed by atoms with E-state index in [2.05, 4.69) is 20.3 Å². The molecular formula is C18H25N5O2. The quantitative estimate of drug-likeness (QED) is 0.921. The Morgan fingerprint density at radius 3 is 3.00 bits per heavy atom. The van der Waals surface area contributed by atoms with E-state index >= 15 is 0 Å². The third kappa shape index (κ3) is 4.55. The van der Waals surface area contributed by atoms with E-state index < -0.39 is 5.60 Å². The van der Waals surface area contributed by atoms with Crippen molar-refractivity contribution in [2.24, 2.45) is 0 Å². The monoisotopic (exact) mass is 343 g/mol. The van der Waals surface area contributed by atoms with Crippen LogP contribution in [0.15, 0.2) is 24.5 Å². The smallest absolute Gasteiger partial charge is 0.410 e.